The smallest absolute Gasteiger partial charge is 0.462 e. The topological polar surface area (TPSA) is 146 Å². The lowest BCUT2D eigenvalue weighted by molar-refractivity contribution is -0.139. The average Bonchev–Trinajstić information content (AvgIpc) is 3.47. The van der Waals surface area contributed by atoms with Crippen LogP contribution in [0.1, 0.15) is 193 Å². The first-order valence-electron chi connectivity index (χ1n) is 30.0. The van der Waals surface area contributed by atoms with Crippen LogP contribution in [-0.4, -0.2) is 120 Å². The molecule has 4 rings (SSSR count). The number of fused-ring (bicyclic) bond motifs is 4. The Balaban J connectivity index is 2.17. The van der Waals surface area contributed by atoms with Gasteiger partial charge in [0, 0.05) is 55.2 Å². The number of methoxy groups -OCH3 is 1. The van der Waals surface area contributed by atoms with Gasteiger partial charge in [0.2, 0.25) is 9.76 Å². The maximum atomic E-state index is 13.0. The summed E-state index contributed by atoms with van der Waals surface area (Å²) in [7, 11) is -26.4. The van der Waals surface area contributed by atoms with Gasteiger partial charge in [-0.1, -0.05) is 165 Å². The molecule has 4 fully saturated rings. The van der Waals surface area contributed by atoms with E-state index in [1.807, 2.05) is 6.92 Å². The summed E-state index contributed by atoms with van der Waals surface area (Å²) in [5.41, 5.74) is 2.88. The third-order valence-electron chi connectivity index (χ3n) is 14.3. The first-order chi connectivity index (χ1) is 36.7. The highest BCUT2D eigenvalue weighted by Gasteiger charge is 2.77. The van der Waals surface area contributed by atoms with E-state index in [1.165, 1.54) is 19.3 Å². The molecule has 0 aromatic carbocycles. The summed E-state index contributed by atoms with van der Waals surface area (Å²) in [4.78, 5) is 13.0. The number of hydrogen-bond donors (Lipinski definition) is 0. The molecule has 15 nitrogen and oxygen atoms in total. The summed E-state index contributed by atoms with van der Waals surface area (Å²) in [5, 5.41) is 0. The molecule has 0 N–H and O–H groups in total. The van der Waals surface area contributed by atoms with Crippen LogP contribution in [-0.2, 0) is 64.3 Å². The summed E-state index contributed by atoms with van der Waals surface area (Å²) in [6, 6.07) is 4.22. The molecule has 0 aromatic rings. The van der Waals surface area contributed by atoms with Crippen molar-refractivity contribution in [3.05, 3.63) is 36.5 Å². The third kappa shape index (κ3) is 23.5. The fourth-order valence-electron chi connectivity index (χ4n) is 11.4. The lowest BCUT2D eigenvalue weighted by Gasteiger charge is -2.60. The predicted octanol–water partition coefficient (Wildman–Crippen LogP) is 14.5. The van der Waals surface area contributed by atoms with Crippen LogP contribution in [0.25, 0.3) is 0 Å². The summed E-state index contributed by atoms with van der Waals surface area (Å²) in [6.45, 7) is 42.4. The number of rotatable bonds is 38. The molecule has 4 saturated heterocycles. The second-order valence-electron chi connectivity index (χ2n) is 25.6. The lowest BCUT2D eigenvalue weighted by Crippen LogP contribution is -2.83. The molecule has 78 heavy (non-hydrogen) atoms. The Morgan fingerprint density at radius 2 is 1.14 bits per heavy atom. The third-order valence-corrected chi connectivity index (χ3v) is 52.8. The lowest BCUT2D eigenvalue weighted by atomic mass is 9.86. The fraction of sp³-hybridized carbons (Fsp3) is 0.870. The number of ether oxygens (including phenoxy) is 3. The minimum atomic E-state index is -4.29. The van der Waals surface area contributed by atoms with Crippen molar-refractivity contribution in [1.82, 2.24) is 0 Å². The SMILES string of the molecule is C=C(C)C(=C)CCCC[Si]12C[Si]3(CCC)O[Si](CC(C)CC(C)(C)C)(O[Si]O1)O[Si]1(CCCOC(=O)C(=C)C)O[Si](CCCOCCOC)(O[Si]CCC)O[Si](CC(C)CC(C)(C)C)(O2)O[Si](CCCCCCCCC)(O3)O1. The second kappa shape index (κ2) is 32.6. The highest BCUT2D eigenvalue weighted by Crippen LogP contribution is 2.53. The number of carbonyl (C=O) groups is 1. The Kier molecular flexibility index (Phi) is 29.5. The first-order valence-corrected chi connectivity index (χ1v) is 46.1. The molecular weight excluding hydrogens is 1140 g/mol. The van der Waals surface area contributed by atoms with Crippen LogP contribution in [0.5, 0.6) is 0 Å². The van der Waals surface area contributed by atoms with Gasteiger partial charge >= 0.3 is 77.1 Å². The summed E-state index contributed by atoms with van der Waals surface area (Å²) in [6.07, 6.45) is 14.6. The van der Waals surface area contributed by atoms with Crippen molar-refractivity contribution in [3.63, 3.8) is 0 Å². The van der Waals surface area contributed by atoms with Gasteiger partial charge in [0.05, 0.1) is 19.8 Å². The highest BCUT2D eigenvalue weighted by atomic mass is 28.6. The first kappa shape index (κ1) is 70.6. The van der Waals surface area contributed by atoms with E-state index in [4.69, 9.17) is 59.5 Å². The maximum absolute atomic E-state index is 13.0. The number of carbonyl (C=O) groups excluding carboxylic acids is 1. The van der Waals surface area contributed by atoms with Crippen LogP contribution in [0.4, 0.5) is 0 Å². The molecule has 4 aliphatic heterocycles. The standard InChI is InChI=1S/C54H108O15Si9/c1-18-21-22-23-24-25-27-39-75-63-73(37-20-3)46-72(38-28-26-31-51(10)47(4)5)60-71-61-77(64-73,44-49(8)42-53(11,12)13)68-76(67-75,41-30-33-58-52(55)48(6)7)65-74(59-70-36-19-2,40-29-32-57-35-34-56-17)66-78(62-72,69-75)45-50(9)43-54(14,15)16/h49-50H,4,6,10,18-46H2,1-3,5,7-9,11-17H3. The van der Waals surface area contributed by atoms with Crippen molar-refractivity contribution in [2.45, 2.75) is 247 Å². The fourth-order valence-corrected chi connectivity index (χ4v) is 61.2. The number of unbranched alkanes of at least 4 members (excludes halogenated alkanes) is 7. The summed E-state index contributed by atoms with van der Waals surface area (Å²) in [5.74, 6) is -0.258. The molecule has 24 heteroatoms. The molecular formula is C54H108O15Si9. The van der Waals surface area contributed by atoms with E-state index < -0.39 is 77.1 Å². The van der Waals surface area contributed by atoms with Gasteiger partial charge in [0.25, 0.3) is 0 Å². The molecule has 9 atom stereocenters. The molecule has 0 spiro atoms. The molecule has 0 aromatic heterocycles. The highest BCUT2D eigenvalue weighted by molar-refractivity contribution is 7.03. The maximum Gasteiger partial charge on any atom is 0.479 e. The van der Waals surface area contributed by atoms with Gasteiger partial charge in [-0.3, -0.25) is 0 Å². The van der Waals surface area contributed by atoms with Gasteiger partial charge in [0.15, 0.2) is 0 Å². The minimum Gasteiger partial charge on any atom is -0.462 e. The van der Waals surface area contributed by atoms with E-state index in [0.29, 0.717) is 80.2 Å². The van der Waals surface area contributed by atoms with Crippen molar-refractivity contribution in [2.24, 2.45) is 22.7 Å². The van der Waals surface area contributed by atoms with Gasteiger partial charge in [-0.15, -0.1) is 0 Å². The van der Waals surface area contributed by atoms with Gasteiger partial charge in [-0.05, 0) is 99.6 Å². The predicted molar refractivity (Wildman–Crippen MR) is 328 cm³/mol. The Morgan fingerprint density at radius 1 is 0.577 bits per heavy atom. The van der Waals surface area contributed by atoms with Gasteiger partial charge in [0.1, 0.15) is 0 Å². The Bertz CT molecular complexity index is 1870. The van der Waals surface area contributed by atoms with E-state index in [0.717, 1.165) is 87.8 Å². The molecule has 4 aliphatic rings. The number of hydrogen-bond acceptors (Lipinski definition) is 15. The van der Waals surface area contributed by atoms with Crippen molar-refractivity contribution >= 4 is 86.9 Å². The zero-order chi connectivity index (χ0) is 57.8. The summed E-state index contributed by atoms with van der Waals surface area (Å²) >= 11 is 0. The minimum absolute atomic E-state index is 0.00240. The van der Waals surface area contributed by atoms with E-state index in [-0.39, 0.29) is 45.1 Å². The van der Waals surface area contributed by atoms with E-state index >= 15 is 0 Å². The van der Waals surface area contributed by atoms with Crippen LogP contribution in [0.2, 0.25) is 54.0 Å². The Morgan fingerprint density at radius 3 is 1.77 bits per heavy atom. The Labute approximate surface area is 487 Å². The largest absolute Gasteiger partial charge is 0.479 e. The van der Waals surface area contributed by atoms with Gasteiger partial charge < -0.3 is 59.5 Å². The van der Waals surface area contributed by atoms with Crippen molar-refractivity contribution in [2.75, 3.05) is 33.5 Å². The van der Waals surface area contributed by atoms with E-state index in [9.17, 15) is 4.79 Å². The van der Waals surface area contributed by atoms with Crippen LogP contribution in [0, 0.1) is 22.7 Å². The monoisotopic (exact) mass is 1250 g/mol. The molecule has 4 radical (unpaired) electrons. The second-order valence-corrected chi connectivity index (χ2v) is 50.7. The van der Waals surface area contributed by atoms with Gasteiger partial charge in [-0.2, -0.15) is 0 Å². The normalized spacial score (nSPS) is 30.1. The van der Waals surface area contributed by atoms with Crippen molar-refractivity contribution < 1.29 is 64.3 Å². The molecule has 6 bridgehead atoms. The van der Waals surface area contributed by atoms with E-state index in [2.05, 4.69) is 95.9 Å². The zero-order valence-electron chi connectivity index (χ0n) is 51.4. The molecule has 9 unspecified atom stereocenters. The van der Waals surface area contributed by atoms with Crippen molar-refractivity contribution in [1.29, 1.82) is 0 Å². The molecule has 0 amide bonds. The van der Waals surface area contributed by atoms with E-state index in [1.54, 1.807) is 14.0 Å². The quantitative estimate of drug-likeness (QED) is 0.0190. The Hall–Kier alpha value is 0.122. The average molecular weight is 1250 g/mol. The number of esters is 1. The van der Waals surface area contributed by atoms with Crippen LogP contribution >= 0.6 is 0 Å². The molecule has 4 heterocycles. The molecule has 0 aliphatic carbocycles. The van der Waals surface area contributed by atoms with Gasteiger partial charge in [-0.25, -0.2) is 4.79 Å². The van der Waals surface area contributed by atoms with Crippen molar-refractivity contribution in [3.8, 4) is 0 Å². The van der Waals surface area contributed by atoms with Crippen LogP contribution < -0.4 is 0 Å². The number of allylic oxidation sites excluding steroid dienone is 2. The molecule has 450 valence electrons. The van der Waals surface area contributed by atoms with Crippen LogP contribution in [0.15, 0.2) is 36.5 Å². The molecule has 0 saturated carbocycles. The van der Waals surface area contributed by atoms with Crippen LogP contribution in [0.3, 0.4) is 0 Å². The summed E-state index contributed by atoms with van der Waals surface area (Å²) < 4.78 is 105. The zero-order valence-corrected chi connectivity index (χ0v) is 60.4.